The third kappa shape index (κ3) is 4.57. The Morgan fingerprint density at radius 1 is 1.35 bits per heavy atom. The SMILES string of the molecule is C#CCNS(=O)(=O)c1cccc(C(=O)N[C@@H]2CCCC[C@@H]2C)c1. The number of carbonyl (C=O) groups excluding carboxylic acids is 1. The van der Waals surface area contributed by atoms with Gasteiger partial charge in [0.05, 0.1) is 11.4 Å². The Labute approximate surface area is 137 Å². The van der Waals surface area contributed by atoms with E-state index in [1.165, 1.54) is 18.6 Å². The molecule has 1 aromatic carbocycles. The van der Waals surface area contributed by atoms with Gasteiger partial charge in [-0.15, -0.1) is 6.42 Å². The van der Waals surface area contributed by atoms with Gasteiger partial charge in [-0.1, -0.05) is 31.8 Å². The zero-order valence-electron chi connectivity index (χ0n) is 13.2. The molecule has 1 aromatic rings. The molecule has 23 heavy (non-hydrogen) atoms. The summed E-state index contributed by atoms with van der Waals surface area (Å²) in [4.78, 5) is 12.4. The minimum absolute atomic E-state index is 0.0390. The summed E-state index contributed by atoms with van der Waals surface area (Å²) in [5, 5.41) is 3.02. The van der Waals surface area contributed by atoms with Crippen LogP contribution in [0.5, 0.6) is 0 Å². The van der Waals surface area contributed by atoms with Crippen molar-refractivity contribution in [3.05, 3.63) is 29.8 Å². The summed E-state index contributed by atoms with van der Waals surface area (Å²) in [5.74, 6) is 2.42. The first-order chi connectivity index (χ1) is 10.9. The molecule has 0 spiro atoms. The van der Waals surface area contributed by atoms with Crippen LogP contribution in [0, 0.1) is 18.3 Å². The van der Waals surface area contributed by atoms with Crippen molar-refractivity contribution in [2.75, 3.05) is 6.54 Å². The lowest BCUT2D eigenvalue weighted by atomic mass is 9.86. The Balaban J connectivity index is 2.13. The van der Waals surface area contributed by atoms with Crippen molar-refractivity contribution < 1.29 is 13.2 Å². The summed E-state index contributed by atoms with van der Waals surface area (Å²) in [7, 11) is -3.69. The number of hydrogen-bond acceptors (Lipinski definition) is 3. The van der Waals surface area contributed by atoms with Crippen molar-refractivity contribution in [3.8, 4) is 12.3 Å². The van der Waals surface area contributed by atoms with Gasteiger partial charge < -0.3 is 5.32 Å². The molecule has 1 aliphatic rings. The number of terminal acetylenes is 1. The molecule has 0 aliphatic heterocycles. The Morgan fingerprint density at radius 3 is 2.78 bits per heavy atom. The van der Waals surface area contributed by atoms with Gasteiger partial charge in [-0.2, -0.15) is 4.72 Å². The average Bonchev–Trinajstić information content (AvgIpc) is 2.55. The van der Waals surface area contributed by atoms with E-state index in [1.807, 2.05) is 0 Å². The van der Waals surface area contributed by atoms with Crippen molar-refractivity contribution in [3.63, 3.8) is 0 Å². The van der Waals surface area contributed by atoms with E-state index >= 15 is 0 Å². The number of rotatable bonds is 5. The highest BCUT2D eigenvalue weighted by Gasteiger charge is 2.23. The van der Waals surface area contributed by atoms with E-state index in [-0.39, 0.29) is 23.4 Å². The maximum Gasteiger partial charge on any atom is 0.251 e. The molecule has 0 saturated heterocycles. The summed E-state index contributed by atoms with van der Waals surface area (Å²) < 4.78 is 26.4. The van der Waals surface area contributed by atoms with E-state index in [0.717, 1.165) is 19.3 Å². The van der Waals surface area contributed by atoms with Crippen LogP contribution >= 0.6 is 0 Å². The van der Waals surface area contributed by atoms with Crippen LogP contribution in [-0.2, 0) is 10.0 Å². The molecule has 1 saturated carbocycles. The number of nitrogens with one attached hydrogen (secondary N) is 2. The molecule has 124 valence electrons. The van der Waals surface area contributed by atoms with Crippen LogP contribution in [0.15, 0.2) is 29.2 Å². The third-order valence-electron chi connectivity index (χ3n) is 4.20. The molecule has 1 amide bonds. The normalized spacial score (nSPS) is 21.4. The Morgan fingerprint density at radius 2 is 2.09 bits per heavy atom. The van der Waals surface area contributed by atoms with Gasteiger partial charge in [0.1, 0.15) is 0 Å². The molecular formula is C17H22N2O3S. The van der Waals surface area contributed by atoms with Crippen LogP contribution in [-0.4, -0.2) is 26.9 Å². The second-order valence-corrected chi connectivity index (χ2v) is 7.67. The zero-order valence-corrected chi connectivity index (χ0v) is 14.0. The molecule has 1 fully saturated rings. The summed E-state index contributed by atoms with van der Waals surface area (Å²) in [6.07, 6.45) is 9.45. The molecule has 0 aromatic heterocycles. The van der Waals surface area contributed by atoms with Crippen molar-refractivity contribution in [2.24, 2.45) is 5.92 Å². The van der Waals surface area contributed by atoms with Crippen LogP contribution in [0.3, 0.4) is 0 Å². The maximum atomic E-state index is 12.4. The maximum absolute atomic E-state index is 12.4. The summed E-state index contributed by atoms with van der Waals surface area (Å²) >= 11 is 0. The lowest BCUT2D eigenvalue weighted by Gasteiger charge is -2.29. The fourth-order valence-electron chi connectivity index (χ4n) is 2.81. The fraction of sp³-hybridized carbons (Fsp3) is 0.471. The fourth-order valence-corrected chi connectivity index (χ4v) is 3.79. The summed E-state index contributed by atoms with van der Waals surface area (Å²) in [5.41, 5.74) is 0.339. The van der Waals surface area contributed by atoms with Crippen molar-refractivity contribution in [2.45, 2.75) is 43.5 Å². The van der Waals surface area contributed by atoms with Crippen molar-refractivity contribution in [1.29, 1.82) is 0 Å². The minimum atomic E-state index is -3.69. The average molecular weight is 334 g/mol. The van der Waals surface area contributed by atoms with E-state index in [4.69, 9.17) is 6.42 Å². The van der Waals surface area contributed by atoms with E-state index in [2.05, 4.69) is 22.9 Å². The molecular weight excluding hydrogens is 312 g/mol. The van der Waals surface area contributed by atoms with Crippen LogP contribution in [0.25, 0.3) is 0 Å². The van der Waals surface area contributed by atoms with Gasteiger partial charge >= 0.3 is 0 Å². The Kier molecular flexibility index (Phi) is 5.80. The number of sulfonamides is 1. The second-order valence-electron chi connectivity index (χ2n) is 5.90. The highest BCUT2D eigenvalue weighted by Crippen LogP contribution is 2.24. The highest BCUT2D eigenvalue weighted by molar-refractivity contribution is 7.89. The van der Waals surface area contributed by atoms with Gasteiger partial charge in [0.25, 0.3) is 5.91 Å². The highest BCUT2D eigenvalue weighted by atomic mass is 32.2. The molecule has 5 nitrogen and oxygen atoms in total. The molecule has 2 N–H and O–H groups in total. The number of hydrogen-bond donors (Lipinski definition) is 2. The predicted molar refractivity (Wildman–Crippen MR) is 89.3 cm³/mol. The minimum Gasteiger partial charge on any atom is -0.349 e. The first-order valence-electron chi connectivity index (χ1n) is 7.78. The van der Waals surface area contributed by atoms with E-state index in [9.17, 15) is 13.2 Å². The summed E-state index contributed by atoms with van der Waals surface area (Å²) in [6.45, 7) is 2.05. The number of carbonyl (C=O) groups is 1. The molecule has 1 aliphatic carbocycles. The molecule has 0 unspecified atom stereocenters. The third-order valence-corrected chi connectivity index (χ3v) is 5.60. The van der Waals surface area contributed by atoms with E-state index in [1.54, 1.807) is 12.1 Å². The van der Waals surface area contributed by atoms with Crippen LogP contribution in [0.4, 0.5) is 0 Å². The van der Waals surface area contributed by atoms with Gasteiger partial charge in [0, 0.05) is 11.6 Å². The first kappa shape index (κ1) is 17.5. The van der Waals surface area contributed by atoms with E-state index in [0.29, 0.717) is 11.5 Å². The Bertz CT molecular complexity index is 707. The first-order valence-corrected chi connectivity index (χ1v) is 9.26. The molecule has 0 heterocycles. The second kappa shape index (κ2) is 7.62. The van der Waals surface area contributed by atoms with Crippen molar-refractivity contribution >= 4 is 15.9 Å². The van der Waals surface area contributed by atoms with E-state index < -0.39 is 10.0 Å². The van der Waals surface area contributed by atoms with Crippen LogP contribution in [0.2, 0.25) is 0 Å². The van der Waals surface area contributed by atoms with Crippen LogP contribution < -0.4 is 10.0 Å². The lowest BCUT2D eigenvalue weighted by molar-refractivity contribution is 0.0910. The standard InChI is InChI=1S/C17H22N2O3S/c1-3-11-18-23(21,22)15-9-6-8-14(12-15)17(20)19-16-10-5-4-7-13(16)2/h1,6,8-9,12-13,16,18H,4-5,7,10-11H2,2H3,(H,19,20)/t13-,16+/m0/s1. The number of amides is 1. The molecule has 2 atom stereocenters. The monoisotopic (exact) mass is 334 g/mol. The van der Waals surface area contributed by atoms with Crippen molar-refractivity contribution in [1.82, 2.24) is 10.0 Å². The molecule has 6 heteroatoms. The van der Waals surface area contributed by atoms with Gasteiger partial charge in [-0.05, 0) is 37.0 Å². The van der Waals surface area contributed by atoms with Gasteiger partial charge in [0.15, 0.2) is 0 Å². The molecule has 0 radical (unpaired) electrons. The smallest absolute Gasteiger partial charge is 0.251 e. The quantitative estimate of drug-likeness (QED) is 0.808. The van der Waals surface area contributed by atoms with Gasteiger partial charge in [-0.25, -0.2) is 8.42 Å². The Hall–Kier alpha value is -1.84. The molecule has 0 bridgehead atoms. The van der Waals surface area contributed by atoms with Gasteiger partial charge in [-0.3, -0.25) is 4.79 Å². The van der Waals surface area contributed by atoms with Gasteiger partial charge in [0.2, 0.25) is 10.0 Å². The zero-order chi connectivity index (χ0) is 16.9. The topological polar surface area (TPSA) is 75.3 Å². The predicted octanol–water partition coefficient (Wildman–Crippen LogP) is 1.91. The summed E-state index contributed by atoms with van der Waals surface area (Å²) in [6, 6.07) is 6.14. The van der Waals surface area contributed by atoms with Crippen LogP contribution in [0.1, 0.15) is 43.0 Å². The number of benzene rings is 1. The largest absolute Gasteiger partial charge is 0.349 e. The molecule has 2 rings (SSSR count). The lowest BCUT2D eigenvalue weighted by Crippen LogP contribution is -2.41.